The van der Waals surface area contributed by atoms with Gasteiger partial charge in [0.05, 0.1) is 6.61 Å². The maximum atomic E-state index is 5.86. The van der Waals surface area contributed by atoms with Crippen LogP contribution in [-0.2, 0) is 6.42 Å². The van der Waals surface area contributed by atoms with Crippen molar-refractivity contribution in [2.24, 2.45) is 5.73 Å². The molecule has 1 unspecified atom stereocenters. The summed E-state index contributed by atoms with van der Waals surface area (Å²) in [5.74, 6) is 3.31. The Kier molecular flexibility index (Phi) is 7.79. The van der Waals surface area contributed by atoms with Crippen LogP contribution in [0, 0.1) is 0 Å². The van der Waals surface area contributed by atoms with Gasteiger partial charge in [-0.05, 0) is 55.0 Å². The lowest BCUT2D eigenvalue weighted by atomic mass is 10.1. The summed E-state index contributed by atoms with van der Waals surface area (Å²) in [6.07, 6.45) is 1.94. The van der Waals surface area contributed by atoms with Crippen LogP contribution in [0.3, 0.4) is 0 Å². The topological polar surface area (TPSA) is 35.2 Å². The Hall–Kier alpha value is -0.190. The van der Waals surface area contributed by atoms with Gasteiger partial charge in [-0.2, -0.15) is 11.8 Å². The number of hydrogen-bond acceptors (Lipinski definition) is 3. The molecule has 0 spiro atoms. The van der Waals surface area contributed by atoms with Crippen molar-refractivity contribution in [3.05, 3.63) is 28.2 Å². The van der Waals surface area contributed by atoms with E-state index < -0.39 is 0 Å². The quantitative estimate of drug-likeness (QED) is 0.734. The van der Waals surface area contributed by atoms with Crippen molar-refractivity contribution < 1.29 is 4.74 Å². The molecule has 0 saturated heterocycles. The van der Waals surface area contributed by atoms with E-state index in [9.17, 15) is 0 Å². The third-order valence-electron chi connectivity index (χ3n) is 2.46. The fourth-order valence-corrected chi connectivity index (χ4v) is 2.70. The van der Waals surface area contributed by atoms with Crippen LogP contribution in [0.1, 0.15) is 25.8 Å². The fourth-order valence-electron chi connectivity index (χ4n) is 1.68. The molecule has 4 heteroatoms. The van der Waals surface area contributed by atoms with Crippen LogP contribution >= 0.6 is 27.7 Å². The summed E-state index contributed by atoms with van der Waals surface area (Å²) < 4.78 is 6.93. The highest BCUT2D eigenvalue weighted by molar-refractivity contribution is 9.10. The van der Waals surface area contributed by atoms with Gasteiger partial charge in [0.15, 0.2) is 0 Å². The maximum Gasteiger partial charge on any atom is 0.122 e. The van der Waals surface area contributed by atoms with Crippen molar-refractivity contribution in [2.75, 3.05) is 18.1 Å². The molecule has 2 N–H and O–H groups in total. The normalized spacial score (nSPS) is 12.4. The largest absolute Gasteiger partial charge is 0.493 e. The van der Waals surface area contributed by atoms with E-state index in [4.69, 9.17) is 10.5 Å². The second-order valence-electron chi connectivity index (χ2n) is 4.33. The summed E-state index contributed by atoms with van der Waals surface area (Å²) in [6, 6.07) is 6.28. The second kappa shape index (κ2) is 8.83. The Morgan fingerprint density at radius 3 is 2.89 bits per heavy atom. The van der Waals surface area contributed by atoms with Crippen molar-refractivity contribution in [2.45, 2.75) is 32.7 Å². The van der Waals surface area contributed by atoms with E-state index in [-0.39, 0.29) is 6.04 Å². The van der Waals surface area contributed by atoms with E-state index in [1.165, 1.54) is 11.3 Å². The lowest BCUT2D eigenvalue weighted by Crippen LogP contribution is -2.18. The average Bonchev–Trinajstić information content (AvgIpc) is 2.30. The summed E-state index contributed by atoms with van der Waals surface area (Å²) in [7, 11) is 0. The van der Waals surface area contributed by atoms with Gasteiger partial charge in [-0.25, -0.2) is 0 Å². The van der Waals surface area contributed by atoms with E-state index in [1.54, 1.807) is 0 Å². The zero-order chi connectivity index (χ0) is 13.4. The maximum absolute atomic E-state index is 5.86. The lowest BCUT2D eigenvalue weighted by Gasteiger charge is -2.13. The van der Waals surface area contributed by atoms with E-state index in [2.05, 4.69) is 28.9 Å². The zero-order valence-electron chi connectivity index (χ0n) is 11.1. The lowest BCUT2D eigenvalue weighted by molar-refractivity contribution is 0.315. The molecule has 0 aliphatic carbocycles. The molecule has 1 rings (SSSR count). The standard InChI is InChI=1S/C14H22BrNOS/c1-3-18-8-4-7-17-14-6-5-13(15)10-12(14)9-11(2)16/h5-6,10-11H,3-4,7-9,16H2,1-2H3. The van der Waals surface area contributed by atoms with Crippen molar-refractivity contribution in [1.82, 2.24) is 0 Å². The van der Waals surface area contributed by atoms with Gasteiger partial charge in [0.25, 0.3) is 0 Å². The predicted molar refractivity (Wildman–Crippen MR) is 84.6 cm³/mol. The predicted octanol–water partition coefficient (Wildman–Crippen LogP) is 3.86. The van der Waals surface area contributed by atoms with E-state index in [1.807, 2.05) is 30.8 Å². The first-order chi connectivity index (χ1) is 8.63. The summed E-state index contributed by atoms with van der Waals surface area (Å²) in [4.78, 5) is 0. The van der Waals surface area contributed by atoms with Crippen LogP contribution in [0.15, 0.2) is 22.7 Å². The molecule has 0 amide bonds. The molecule has 1 aromatic rings. The SMILES string of the molecule is CCSCCCOc1ccc(Br)cc1CC(C)N. The molecule has 0 saturated carbocycles. The first-order valence-corrected chi connectivity index (χ1v) is 8.32. The summed E-state index contributed by atoms with van der Waals surface area (Å²) in [5, 5.41) is 0. The van der Waals surface area contributed by atoms with Gasteiger partial charge in [-0.15, -0.1) is 0 Å². The van der Waals surface area contributed by atoms with Crippen LogP contribution in [0.2, 0.25) is 0 Å². The Morgan fingerprint density at radius 1 is 1.44 bits per heavy atom. The van der Waals surface area contributed by atoms with Gasteiger partial charge in [-0.3, -0.25) is 0 Å². The van der Waals surface area contributed by atoms with E-state index in [0.717, 1.165) is 35.4 Å². The summed E-state index contributed by atoms with van der Waals surface area (Å²) >= 11 is 5.44. The molecule has 0 aromatic heterocycles. The molecule has 1 atom stereocenters. The first kappa shape index (κ1) is 15.9. The number of thioether (sulfide) groups is 1. The molecule has 0 radical (unpaired) electrons. The first-order valence-electron chi connectivity index (χ1n) is 6.38. The second-order valence-corrected chi connectivity index (χ2v) is 6.64. The minimum Gasteiger partial charge on any atom is -0.493 e. The van der Waals surface area contributed by atoms with Crippen molar-refractivity contribution >= 4 is 27.7 Å². The van der Waals surface area contributed by atoms with Gasteiger partial charge >= 0.3 is 0 Å². The molecular formula is C14H22BrNOS. The van der Waals surface area contributed by atoms with Gasteiger partial charge in [-0.1, -0.05) is 22.9 Å². The molecule has 0 heterocycles. The van der Waals surface area contributed by atoms with Crippen molar-refractivity contribution in [1.29, 1.82) is 0 Å². The van der Waals surface area contributed by atoms with Crippen molar-refractivity contribution in [3.63, 3.8) is 0 Å². The Bertz CT molecular complexity index is 358. The molecule has 102 valence electrons. The number of benzene rings is 1. The molecule has 18 heavy (non-hydrogen) atoms. The molecular weight excluding hydrogens is 310 g/mol. The van der Waals surface area contributed by atoms with Crippen LogP contribution < -0.4 is 10.5 Å². The minimum atomic E-state index is 0.150. The average molecular weight is 332 g/mol. The van der Waals surface area contributed by atoms with Gasteiger partial charge in [0.2, 0.25) is 0 Å². The number of nitrogens with two attached hydrogens (primary N) is 1. The molecule has 0 fully saturated rings. The zero-order valence-corrected chi connectivity index (χ0v) is 13.5. The van der Waals surface area contributed by atoms with E-state index >= 15 is 0 Å². The molecule has 1 aromatic carbocycles. The van der Waals surface area contributed by atoms with Crippen LogP contribution in [-0.4, -0.2) is 24.2 Å². The van der Waals surface area contributed by atoms with E-state index in [0.29, 0.717) is 0 Å². The Morgan fingerprint density at radius 2 is 2.22 bits per heavy atom. The number of rotatable bonds is 8. The number of hydrogen-bond donors (Lipinski definition) is 1. The Balaban J connectivity index is 2.52. The van der Waals surface area contributed by atoms with Crippen LogP contribution in [0.4, 0.5) is 0 Å². The molecule has 0 bridgehead atoms. The third kappa shape index (κ3) is 6.12. The van der Waals surface area contributed by atoms with Crippen molar-refractivity contribution in [3.8, 4) is 5.75 Å². The molecule has 0 aliphatic heterocycles. The monoisotopic (exact) mass is 331 g/mol. The third-order valence-corrected chi connectivity index (χ3v) is 3.94. The molecule has 0 aliphatic rings. The minimum absolute atomic E-state index is 0.150. The van der Waals surface area contributed by atoms with Gasteiger partial charge in [0, 0.05) is 10.5 Å². The highest BCUT2D eigenvalue weighted by Gasteiger charge is 2.07. The number of ether oxygens (including phenoxy) is 1. The van der Waals surface area contributed by atoms with Crippen LogP contribution in [0.25, 0.3) is 0 Å². The summed E-state index contributed by atoms with van der Waals surface area (Å²) in [5.41, 5.74) is 7.05. The number of halogens is 1. The highest BCUT2D eigenvalue weighted by Crippen LogP contribution is 2.24. The smallest absolute Gasteiger partial charge is 0.122 e. The summed E-state index contributed by atoms with van der Waals surface area (Å²) in [6.45, 7) is 4.98. The van der Waals surface area contributed by atoms with Gasteiger partial charge < -0.3 is 10.5 Å². The van der Waals surface area contributed by atoms with Gasteiger partial charge in [0.1, 0.15) is 5.75 Å². The van der Waals surface area contributed by atoms with Crippen LogP contribution in [0.5, 0.6) is 5.75 Å². The highest BCUT2D eigenvalue weighted by atomic mass is 79.9. The fraction of sp³-hybridized carbons (Fsp3) is 0.571. The Labute approximate surface area is 123 Å². The molecule has 2 nitrogen and oxygen atoms in total.